The molecule has 0 aliphatic carbocycles. The van der Waals surface area contributed by atoms with Crippen LogP contribution in [0, 0.1) is 17.0 Å². The number of aryl methyl sites for hydroxylation is 1. The van der Waals surface area contributed by atoms with Crippen molar-refractivity contribution in [2.75, 3.05) is 13.1 Å². The van der Waals surface area contributed by atoms with Crippen LogP contribution in [0.2, 0.25) is 0 Å². The zero-order valence-electron chi connectivity index (χ0n) is 17.7. The molecule has 1 amide bonds. The molecular weight excluding hydrogens is 610 g/mol. The van der Waals surface area contributed by atoms with Crippen molar-refractivity contribution in [1.82, 2.24) is 10.0 Å². The van der Waals surface area contributed by atoms with Crippen molar-refractivity contribution in [3.8, 4) is 0 Å². The number of carbonyl (C=O) groups excluding carboxylic acids is 1. The molecule has 2 N–H and O–H groups in total. The normalized spacial score (nSPS) is 11.3. The Morgan fingerprint density at radius 1 is 1.03 bits per heavy atom. The molecule has 0 spiro atoms. The van der Waals surface area contributed by atoms with E-state index in [1.54, 1.807) is 12.1 Å². The number of hydrogen-bond acceptors (Lipinski definition) is 6. The predicted molar refractivity (Wildman–Crippen MR) is 138 cm³/mol. The average Bonchev–Trinajstić information content (AvgIpc) is 2.79. The van der Waals surface area contributed by atoms with Crippen LogP contribution in [0.5, 0.6) is 0 Å². The number of rotatable bonds is 9. The second-order valence-corrected chi connectivity index (χ2v) is 11.7. The van der Waals surface area contributed by atoms with E-state index in [4.69, 9.17) is 0 Å². The maximum Gasteiger partial charge on any atom is 0.270 e. The van der Waals surface area contributed by atoms with Gasteiger partial charge in [0.05, 0.1) is 15.4 Å². The lowest BCUT2D eigenvalue weighted by Gasteiger charge is -2.12. The Balaban J connectivity index is 1.70. The van der Waals surface area contributed by atoms with Crippen LogP contribution in [-0.4, -0.2) is 32.3 Å². The van der Waals surface area contributed by atoms with E-state index in [9.17, 15) is 23.3 Å². The molecule has 3 rings (SSSR count). The van der Waals surface area contributed by atoms with Gasteiger partial charge in [0.25, 0.3) is 11.6 Å². The highest BCUT2D eigenvalue weighted by molar-refractivity contribution is 9.11. The summed E-state index contributed by atoms with van der Waals surface area (Å²) in [5, 5.41) is 13.9. The molecule has 0 saturated heterocycles. The topological polar surface area (TPSA) is 118 Å². The van der Waals surface area contributed by atoms with Gasteiger partial charge in [-0.2, -0.15) is 0 Å². The van der Waals surface area contributed by atoms with Gasteiger partial charge < -0.3 is 5.32 Å². The first-order chi connectivity index (χ1) is 16.1. The lowest BCUT2D eigenvalue weighted by molar-refractivity contribution is -0.384. The SMILES string of the molecule is Cc1ccc(Sc2ccc([N+](=O)[O-])cc2C(=O)NCCNS(=O)(=O)c2cc(Br)ccc2Br)cc1. The van der Waals surface area contributed by atoms with Crippen molar-refractivity contribution in [2.45, 2.75) is 21.6 Å². The highest BCUT2D eigenvalue weighted by Gasteiger charge is 2.20. The molecule has 0 aliphatic heterocycles. The summed E-state index contributed by atoms with van der Waals surface area (Å²) in [6.45, 7) is 1.88. The van der Waals surface area contributed by atoms with Crippen LogP contribution in [0.4, 0.5) is 5.69 Å². The van der Waals surface area contributed by atoms with Crippen LogP contribution in [0.15, 0.2) is 84.3 Å². The minimum atomic E-state index is -3.82. The number of non-ortho nitro benzene ring substituents is 1. The van der Waals surface area contributed by atoms with E-state index >= 15 is 0 Å². The lowest BCUT2D eigenvalue weighted by Crippen LogP contribution is -2.35. The van der Waals surface area contributed by atoms with Gasteiger partial charge in [0.1, 0.15) is 0 Å². The molecule has 8 nitrogen and oxygen atoms in total. The number of nitrogens with zero attached hydrogens (tertiary/aromatic N) is 1. The van der Waals surface area contributed by atoms with Gasteiger partial charge in [-0.15, -0.1) is 0 Å². The lowest BCUT2D eigenvalue weighted by atomic mass is 10.2. The summed E-state index contributed by atoms with van der Waals surface area (Å²) in [7, 11) is -3.82. The third-order valence-corrected chi connectivity index (χ3v) is 8.58. The van der Waals surface area contributed by atoms with Crippen molar-refractivity contribution < 1.29 is 18.1 Å². The molecule has 12 heteroatoms. The summed E-state index contributed by atoms with van der Waals surface area (Å²) in [5.74, 6) is -0.541. The summed E-state index contributed by atoms with van der Waals surface area (Å²) in [6.07, 6.45) is 0. The predicted octanol–water partition coefficient (Wildman–Crippen LogP) is 5.29. The van der Waals surface area contributed by atoms with E-state index in [2.05, 4.69) is 41.9 Å². The smallest absolute Gasteiger partial charge is 0.270 e. The molecule has 3 aromatic rings. The van der Waals surface area contributed by atoms with Crippen molar-refractivity contribution in [2.24, 2.45) is 0 Å². The fourth-order valence-corrected chi connectivity index (χ4v) is 6.30. The molecule has 178 valence electrons. The molecule has 0 aliphatic rings. The van der Waals surface area contributed by atoms with Crippen LogP contribution in [0.25, 0.3) is 0 Å². The van der Waals surface area contributed by atoms with Gasteiger partial charge in [-0.25, -0.2) is 13.1 Å². The van der Waals surface area contributed by atoms with Crippen LogP contribution in [0.3, 0.4) is 0 Å². The molecule has 0 unspecified atom stereocenters. The molecular formula is C22H19Br2N3O5S2. The number of sulfonamides is 1. The van der Waals surface area contributed by atoms with E-state index < -0.39 is 20.9 Å². The van der Waals surface area contributed by atoms with Crippen LogP contribution in [-0.2, 0) is 10.0 Å². The first-order valence-electron chi connectivity index (χ1n) is 9.83. The number of carbonyl (C=O) groups is 1. The second kappa shape index (κ2) is 11.5. The minimum Gasteiger partial charge on any atom is -0.351 e. The van der Waals surface area contributed by atoms with Crippen molar-refractivity contribution in [1.29, 1.82) is 0 Å². The molecule has 0 saturated carbocycles. The Hall–Kier alpha value is -2.25. The van der Waals surface area contributed by atoms with E-state index in [-0.39, 0.29) is 29.2 Å². The summed E-state index contributed by atoms with van der Waals surface area (Å²) in [5.41, 5.74) is 1.01. The zero-order valence-corrected chi connectivity index (χ0v) is 22.6. The maximum atomic E-state index is 12.8. The number of benzene rings is 3. The number of nitro benzene ring substituents is 1. The summed E-state index contributed by atoms with van der Waals surface area (Å²) in [4.78, 5) is 25.0. The van der Waals surface area contributed by atoms with Gasteiger partial charge in [0.15, 0.2) is 0 Å². The summed E-state index contributed by atoms with van der Waals surface area (Å²) < 4.78 is 28.6. The Bertz CT molecular complexity index is 1330. The van der Waals surface area contributed by atoms with Crippen molar-refractivity contribution in [3.63, 3.8) is 0 Å². The molecule has 0 atom stereocenters. The average molecular weight is 629 g/mol. The summed E-state index contributed by atoms with van der Waals surface area (Å²) >= 11 is 7.78. The number of hydrogen-bond donors (Lipinski definition) is 2. The van der Waals surface area contributed by atoms with E-state index in [0.717, 1.165) is 10.5 Å². The Kier molecular flexibility index (Phi) is 8.88. The zero-order chi connectivity index (χ0) is 24.9. The first kappa shape index (κ1) is 26.4. The van der Waals surface area contributed by atoms with Crippen LogP contribution >= 0.6 is 43.6 Å². The van der Waals surface area contributed by atoms with Gasteiger partial charge in [0, 0.05) is 44.0 Å². The largest absolute Gasteiger partial charge is 0.351 e. The van der Waals surface area contributed by atoms with Gasteiger partial charge >= 0.3 is 0 Å². The molecule has 3 aromatic carbocycles. The monoisotopic (exact) mass is 627 g/mol. The van der Waals surface area contributed by atoms with Gasteiger partial charge in [-0.3, -0.25) is 14.9 Å². The quantitative estimate of drug-likeness (QED) is 0.189. The maximum absolute atomic E-state index is 12.8. The van der Waals surface area contributed by atoms with Crippen molar-refractivity contribution >= 4 is 65.2 Å². The first-order valence-corrected chi connectivity index (χ1v) is 13.7. The fraction of sp³-hybridized carbons (Fsp3) is 0.136. The van der Waals surface area contributed by atoms with Crippen LogP contribution < -0.4 is 10.0 Å². The highest BCUT2D eigenvalue weighted by atomic mass is 79.9. The number of nitro groups is 1. The third kappa shape index (κ3) is 6.89. The van der Waals surface area contributed by atoms with E-state index in [1.807, 2.05) is 31.2 Å². The molecule has 0 fully saturated rings. The molecule has 0 aromatic heterocycles. The third-order valence-electron chi connectivity index (χ3n) is 4.55. The molecule has 34 heavy (non-hydrogen) atoms. The second-order valence-electron chi connectivity index (χ2n) is 7.08. The van der Waals surface area contributed by atoms with Gasteiger partial charge in [0.2, 0.25) is 10.0 Å². The molecule has 0 radical (unpaired) electrons. The van der Waals surface area contributed by atoms with Crippen molar-refractivity contribution in [3.05, 3.63) is 90.9 Å². The van der Waals surface area contributed by atoms with Gasteiger partial charge in [-0.05, 0) is 59.3 Å². The van der Waals surface area contributed by atoms with Crippen LogP contribution in [0.1, 0.15) is 15.9 Å². The summed E-state index contributed by atoms with van der Waals surface area (Å²) in [6, 6.07) is 16.5. The number of amides is 1. The Morgan fingerprint density at radius 2 is 1.74 bits per heavy atom. The van der Waals surface area contributed by atoms with E-state index in [0.29, 0.717) is 13.8 Å². The fourth-order valence-electron chi connectivity index (χ4n) is 2.85. The highest BCUT2D eigenvalue weighted by Crippen LogP contribution is 2.33. The molecule has 0 bridgehead atoms. The standard InChI is InChI=1S/C22H19Br2N3O5S2/c1-14-2-6-17(7-3-14)33-20-9-5-16(27(29)30)13-18(20)22(28)25-10-11-26-34(31,32)21-12-15(23)4-8-19(21)24/h2-9,12-13,26H,10-11H2,1H3,(H,25,28). The number of nitrogens with one attached hydrogen (secondary N) is 2. The number of halogens is 2. The minimum absolute atomic E-state index is 0.0129. The Morgan fingerprint density at radius 3 is 2.41 bits per heavy atom. The Labute approximate surface area is 218 Å². The van der Waals surface area contributed by atoms with E-state index in [1.165, 1.54) is 36.0 Å². The van der Waals surface area contributed by atoms with Gasteiger partial charge in [-0.1, -0.05) is 45.4 Å². The molecule has 0 heterocycles.